The Bertz CT molecular complexity index is 964. The van der Waals surface area contributed by atoms with Gasteiger partial charge in [-0.25, -0.2) is 9.97 Å². The Balaban J connectivity index is 1.73. The first-order valence-corrected chi connectivity index (χ1v) is 7.73. The largest absolute Gasteiger partial charge is 0.497 e. The summed E-state index contributed by atoms with van der Waals surface area (Å²) in [5, 5.41) is 14.6. The highest BCUT2D eigenvalue weighted by atomic mass is 16.5. The van der Waals surface area contributed by atoms with Crippen LogP contribution in [-0.2, 0) is 0 Å². The SMILES string of the molecule is COc1cccc(NC(=O)c2ccnc(Nc3ccc(C#N)cc3)n2)c1. The molecule has 0 aliphatic heterocycles. The molecule has 2 N–H and O–H groups in total. The number of hydrogen-bond acceptors (Lipinski definition) is 6. The average molecular weight is 345 g/mol. The molecule has 2 aromatic carbocycles. The molecule has 1 amide bonds. The molecule has 3 rings (SSSR count). The molecule has 3 aromatic rings. The van der Waals surface area contributed by atoms with Crippen LogP contribution in [0.15, 0.2) is 60.8 Å². The highest BCUT2D eigenvalue weighted by molar-refractivity contribution is 6.03. The topological polar surface area (TPSA) is 99.9 Å². The van der Waals surface area contributed by atoms with Crippen LogP contribution in [0, 0.1) is 11.3 Å². The highest BCUT2D eigenvalue weighted by Crippen LogP contribution is 2.18. The van der Waals surface area contributed by atoms with Gasteiger partial charge in [0.15, 0.2) is 0 Å². The van der Waals surface area contributed by atoms with Crippen molar-refractivity contribution in [2.45, 2.75) is 0 Å². The summed E-state index contributed by atoms with van der Waals surface area (Å²) in [6.45, 7) is 0. The Morgan fingerprint density at radius 2 is 1.92 bits per heavy atom. The van der Waals surface area contributed by atoms with E-state index in [-0.39, 0.29) is 17.5 Å². The van der Waals surface area contributed by atoms with E-state index < -0.39 is 0 Å². The van der Waals surface area contributed by atoms with Crippen LogP contribution in [0.5, 0.6) is 5.75 Å². The van der Waals surface area contributed by atoms with Gasteiger partial charge in [-0.3, -0.25) is 4.79 Å². The third kappa shape index (κ3) is 4.13. The Morgan fingerprint density at radius 1 is 1.12 bits per heavy atom. The number of nitrogens with zero attached hydrogens (tertiary/aromatic N) is 3. The van der Waals surface area contributed by atoms with Crippen molar-refractivity contribution in [2.24, 2.45) is 0 Å². The molecule has 128 valence electrons. The minimum atomic E-state index is -0.358. The van der Waals surface area contributed by atoms with Gasteiger partial charge in [-0.05, 0) is 42.5 Å². The van der Waals surface area contributed by atoms with Crippen LogP contribution in [0.25, 0.3) is 0 Å². The minimum absolute atomic E-state index is 0.221. The van der Waals surface area contributed by atoms with Gasteiger partial charge >= 0.3 is 0 Å². The van der Waals surface area contributed by atoms with Crippen molar-refractivity contribution in [3.63, 3.8) is 0 Å². The number of carbonyl (C=O) groups excluding carboxylic acids is 1. The molecule has 0 saturated heterocycles. The van der Waals surface area contributed by atoms with Crippen LogP contribution < -0.4 is 15.4 Å². The van der Waals surface area contributed by atoms with Gasteiger partial charge in [-0.2, -0.15) is 5.26 Å². The van der Waals surface area contributed by atoms with E-state index >= 15 is 0 Å². The summed E-state index contributed by atoms with van der Waals surface area (Å²) in [6, 6.07) is 17.5. The lowest BCUT2D eigenvalue weighted by atomic mass is 10.2. The maximum atomic E-state index is 12.4. The molecule has 0 unspecified atom stereocenters. The molecule has 7 heteroatoms. The van der Waals surface area contributed by atoms with Gasteiger partial charge < -0.3 is 15.4 Å². The van der Waals surface area contributed by atoms with Gasteiger partial charge in [-0.15, -0.1) is 0 Å². The number of ether oxygens (including phenoxy) is 1. The fourth-order valence-corrected chi connectivity index (χ4v) is 2.20. The summed E-state index contributed by atoms with van der Waals surface area (Å²) < 4.78 is 5.14. The number of amides is 1. The van der Waals surface area contributed by atoms with Gasteiger partial charge in [-0.1, -0.05) is 6.07 Å². The lowest BCUT2D eigenvalue weighted by Gasteiger charge is -2.08. The first-order valence-electron chi connectivity index (χ1n) is 7.73. The third-order valence-corrected chi connectivity index (χ3v) is 3.49. The zero-order valence-corrected chi connectivity index (χ0v) is 13.9. The Kier molecular flexibility index (Phi) is 5.05. The fourth-order valence-electron chi connectivity index (χ4n) is 2.20. The summed E-state index contributed by atoms with van der Waals surface area (Å²) in [5.74, 6) is 0.574. The van der Waals surface area contributed by atoms with Gasteiger partial charge in [0.25, 0.3) is 5.91 Å². The van der Waals surface area contributed by atoms with Crippen molar-refractivity contribution in [3.05, 3.63) is 72.1 Å². The Morgan fingerprint density at radius 3 is 2.65 bits per heavy atom. The molecule has 0 aliphatic rings. The molecule has 0 spiro atoms. The summed E-state index contributed by atoms with van der Waals surface area (Å²) in [4.78, 5) is 20.7. The molecule has 7 nitrogen and oxygen atoms in total. The first kappa shape index (κ1) is 16.9. The third-order valence-electron chi connectivity index (χ3n) is 3.49. The number of hydrogen-bond donors (Lipinski definition) is 2. The molecule has 0 radical (unpaired) electrons. The standard InChI is InChI=1S/C19H15N5O2/c1-26-16-4-2-3-15(11-16)22-18(25)17-9-10-21-19(24-17)23-14-7-5-13(12-20)6-8-14/h2-11H,1H3,(H,22,25)(H,21,23,24). The molecule has 0 atom stereocenters. The smallest absolute Gasteiger partial charge is 0.274 e. The van der Waals surface area contributed by atoms with Crippen LogP contribution in [0.4, 0.5) is 17.3 Å². The number of nitrogens with one attached hydrogen (secondary N) is 2. The molecule has 1 heterocycles. The van der Waals surface area contributed by atoms with E-state index in [9.17, 15) is 4.79 Å². The second-order valence-corrected chi connectivity index (χ2v) is 5.27. The minimum Gasteiger partial charge on any atom is -0.497 e. The normalized spacial score (nSPS) is 9.85. The summed E-state index contributed by atoms with van der Waals surface area (Å²) in [7, 11) is 1.56. The van der Waals surface area contributed by atoms with E-state index in [1.807, 2.05) is 0 Å². The van der Waals surface area contributed by atoms with Crippen LogP contribution in [0.1, 0.15) is 16.1 Å². The predicted octanol–water partition coefficient (Wildman–Crippen LogP) is 3.35. The first-order chi connectivity index (χ1) is 12.7. The molecule has 0 saturated carbocycles. The van der Waals surface area contributed by atoms with Gasteiger partial charge in [0.2, 0.25) is 5.95 Å². The predicted molar refractivity (Wildman–Crippen MR) is 97.4 cm³/mol. The molecular weight excluding hydrogens is 330 g/mol. The monoisotopic (exact) mass is 345 g/mol. The number of anilines is 3. The van der Waals surface area contributed by atoms with Crippen LogP contribution >= 0.6 is 0 Å². The van der Waals surface area contributed by atoms with Gasteiger partial charge in [0.1, 0.15) is 11.4 Å². The molecule has 0 bridgehead atoms. The molecule has 0 aliphatic carbocycles. The number of aromatic nitrogens is 2. The number of carbonyl (C=O) groups is 1. The van der Waals surface area contributed by atoms with Crippen molar-refractivity contribution in [2.75, 3.05) is 17.7 Å². The van der Waals surface area contributed by atoms with Crippen molar-refractivity contribution < 1.29 is 9.53 Å². The van der Waals surface area contributed by atoms with Crippen molar-refractivity contribution >= 4 is 23.2 Å². The fraction of sp³-hybridized carbons (Fsp3) is 0.0526. The van der Waals surface area contributed by atoms with Crippen molar-refractivity contribution in [1.82, 2.24) is 9.97 Å². The van der Waals surface area contributed by atoms with Crippen LogP contribution in [0.3, 0.4) is 0 Å². The quantitative estimate of drug-likeness (QED) is 0.735. The lowest BCUT2D eigenvalue weighted by molar-refractivity contribution is 0.102. The number of benzene rings is 2. The number of rotatable bonds is 5. The van der Waals surface area contributed by atoms with E-state index in [0.29, 0.717) is 22.7 Å². The molecule has 1 aromatic heterocycles. The van der Waals surface area contributed by atoms with Crippen LogP contribution in [0.2, 0.25) is 0 Å². The van der Waals surface area contributed by atoms with E-state index in [4.69, 9.17) is 10.00 Å². The summed E-state index contributed by atoms with van der Waals surface area (Å²) >= 11 is 0. The molecular formula is C19H15N5O2. The summed E-state index contributed by atoms with van der Waals surface area (Å²) in [5.41, 5.74) is 2.10. The summed E-state index contributed by atoms with van der Waals surface area (Å²) in [6.07, 6.45) is 1.50. The van der Waals surface area contributed by atoms with Gasteiger partial charge in [0, 0.05) is 23.6 Å². The molecule has 0 fully saturated rings. The van der Waals surface area contributed by atoms with E-state index in [0.717, 1.165) is 0 Å². The molecule has 26 heavy (non-hydrogen) atoms. The van der Waals surface area contributed by atoms with E-state index in [1.54, 1.807) is 55.6 Å². The number of methoxy groups -OCH3 is 1. The Labute approximate surface area is 150 Å². The Hall–Kier alpha value is -3.92. The second-order valence-electron chi connectivity index (χ2n) is 5.27. The average Bonchev–Trinajstić information content (AvgIpc) is 2.69. The zero-order valence-electron chi connectivity index (χ0n) is 13.9. The van der Waals surface area contributed by atoms with Crippen LogP contribution in [-0.4, -0.2) is 23.0 Å². The van der Waals surface area contributed by atoms with Crippen molar-refractivity contribution in [1.29, 1.82) is 5.26 Å². The highest BCUT2D eigenvalue weighted by Gasteiger charge is 2.10. The van der Waals surface area contributed by atoms with E-state index in [1.165, 1.54) is 12.3 Å². The number of nitriles is 1. The maximum absolute atomic E-state index is 12.4. The van der Waals surface area contributed by atoms with Gasteiger partial charge in [0.05, 0.1) is 18.7 Å². The zero-order chi connectivity index (χ0) is 18.4. The lowest BCUT2D eigenvalue weighted by Crippen LogP contribution is -2.14. The van der Waals surface area contributed by atoms with Crippen molar-refractivity contribution in [3.8, 4) is 11.8 Å². The second kappa shape index (κ2) is 7.77. The van der Waals surface area contributed by atoms with E-state index in [2.05, 4.69) is 26.7 Å². The maximum Gasteiger partial charge on any atom is 0.274 e.